The maximum atomic E-state index is 10.8. The number of likely N-dealkylation sites (tertiary alicyclic amines) is 1. The maximum absolute atomic E-state index is 10.8. The van der Waals surface area contributed by atoms with E-state index in [-0.39, 0.29) is 0 Å². The maximum Gasteiger partial charge on any atom is 0.151 e. The summed E-state index contributed by atoms with van der Waals surface area (Å²) in [7, 11) is 0. The number of hydrogen-bond donors (Lipinski definition) is 1. The number of anilines is 2. The second-order valence-electron chi connectivity index (χ2n) is 5.48. The van der Waals surface area contributed by atoms with Crippen LogP contribution in [0.2, 0.25) is 5.02 Å². The number of hydrogen-bond acceptors (Lipinski definition) is 4. The van der Waals surface area contributed by atoms with Gasteiger partial charge in [-0.15, -0.1) is 0 Å². The third kappa shape index (κ3) is 3.46. The fourth-order valence-corrected chi connectivity index (χ4v) is 2.92. The molecule has 0 spiro atoms. The topological polar surface area (TPSA) is 45.2 Å². The standard InChI is InChI=1S/C17H18ClN3O/c18-15-9-13(12-22)10-19-17(15)20-16-6-2-1-5-14(16)11-21-7-3-4-8-21/h1-2,5-6,9-10,12H,3-4,7-8,11H2,(H,19,20). The molecule has 2 heterocycles. The number of rotatable bonds is 5. The predicted molar refractivity (Wildman–Crippen MR) is 88.9 cm³/mol. The molecule has 0 saturated carbocycles. The average Bonchev–Trinajstić information content (AvgIpc) is 3.04. The summed E-state index contributed by atoms with van der Waals surface area (Å²) in [6.45, 7) is 3.23. The molecule has 0 bridgehead atoms. The van der Waals surface area contributed by atoms with Crippen LogP contribution in [-0.4, -0.2) is 29.3 Å². The van der Waals surface area contributed by atoms with Crippen molar-refractivity contribution in [3.8, 4) is 0 Å². The van der Waals surface area contributed by atoms with Crippen LogP contribution in [0, 0.1) is 0 Å². The molecule has 0 aliphatic carbocycles. The highest BCUT2D eigenvalue weighted by Gasteiger charge is 2.14. The highest BCUT2D eigenvalue weighted by Crippen LogP contribution is 2.27. The number of carbonyl (C=O) groups excluding carboxylic acids is 1. The first-order valence-corrected chi connectivity index (χ1v) is 7.82. The van der Waals surface area contributed by atoms with Crippen LogP contribution in [0.1, 0.15) is 28.8 Å². The molecule has 1 aromatic carbocycles. The number of carbonyl (C=O) groups is 1. The third-order valence-electron chi connectivity index (χ3n) is 3.86. The largest absolute Gasteiger partial charge is 0.339 e. The van der Waals surface area contributed by atoms with E-state index >= 15 is 0 Å². The summed E-state index contributed by atoms with van der Waals surface area (Å²) in [4.78, 5) is 17.4. The van der Waals surface area contributed by atoms with E-state index < -0.39 is 0 Å². The van der Waals surface area contributed by atoms with Crippen molar-refractivity contribution < 1.29 is 4.79 Å². The molecular formula is C17H18ClN3O. The number of aromatic nitrogens is 1. The minimum Gasteiger partial charge on any atom is -0.339 e. The van der Waals surface area contributed by atoms with Crippen molar-refractivity contribution in [3.63, 3.8) is 0 Å². The fourth-order valence-electron chi connectivity index (χ4n) is 2.70. The summed E-state index contributed by atoms with van der Waals surface area (Å²) >= 11 is 6.19. The zero-order valence-corrected chi connectivity index (χ0v) is 13.0. The van der Waals surface area contributed by atoms with Crippen molar-refractivity contribution >= 4 is 29.4 Å². The minimum absolute atomic E-state index is 0.445. The molecule has 1 saturated heterocycles. The van der Waals surface area contributed by atoms with Crippen molar-refractivity contribution in [2.75, 3.05) is 18.4 Å². The van der Waals surface area contributed by atoms with Crippen molar-refractivity contribution in [2.45, 2.75) is 19.4 Å². The number of halogens is 1. The van der Waals surface area contributed by atoms with Crippen LogP contribution in [-0.2, 0) is 6.54 Å². The Balaban J connectivity index is 1.81. The van der Waals surface area contributed by atoms with Gasteiger partial charge < -0.3 is 5.32 Å². The molecule has 5 heteroatoms. The summed E-state index contributed by atoms with van der Waals surface area (Å²) < 4.78 is 0. The number of nitrogens with zero attached hydrogens (tertiary/aromatic N) is 2. The Labute approximate surface area is 135 Å². The molecular weight excluding hydrogens is 298 g/mol. The molecule has 1 fully saturated rings. The average molecular weight is 316 g/mol. The minimum atomic E-state index is 0.445. The van der Waals surface area contributed by atoms with Gasteiger partial charge in [0.15, 0.2) is 6.29 Å². The van der Waals surface area contributed by atoms with Crippen LogP contribution in [0.4, 0.5) is 11.5 Å². The van der Waals surface area contributed by atoms with E-state index in [1.165, 1.54) is 24.6 Å². The van der Waals surface area contributed by atoms with E-state index in [1.54, 1.807) is 6.07 Å². The highest BCUT2D eigenvalue weighted by atomic mass is 35.5. The van der Waals surface area contributed by atoms with Gasteiger partial charge in [0, 0.05) is 24.0 Å². The van der Waals surface area contributed by atoms with Gasteiger partial charge in [0.25, 0.3) is 0 Å². The first-order valence-electron chi connectivity index (χ1n) is 7.44. The van der Waals surface area contributed by atoms with Gasteiger partial charge in [-0.25, -0.2) is 4.98 Å². The van der Waals surface area contributed by atoms with Gasteiger partial charge in [-0.3, -0.25) is 9.69 Å². The quantitative estimate of drug-likeness (QED) is 0.850. The van der Waals surface area contributed by atoms with E-state index in [1.807, 2.05) is 18.2 Å². The molecule has 0 atom stereocenters. The summed E-state index contributed by atoms with van der Waals surface area (Å²) in [6, 6.07) is 9.79. The van der Waals surface area contributed by atoms with Crippen LogP contribution >= 0.6 is 11.6 Å². The molecule has 0 unspecified atom stereocenters. The van der Waals surface area contributed by atoms with Crippen molar-refractivity contribution in [2.24, 2.45) is 0 Å². The molecule has 1 aliphatic rings. The third-order valence-corrected chi connectivity index (χ3v) is 4.15. The highest BCUT2D eigenvalue weighted by molar-refractivity contribution is 6.33. The Kier molecular flexibility index (Phi) is 4.71. The first-order chi connectivity index (χ1) is 10.8. The molecule has 1 aliphatic heterocycles. The number of nitrogens with one attached hydrogen (secondary N) is 1. The molecule has 0 amide bonds. The van der Waals surface area contributed by atoms with E-state index in [0.29, 0.717) is 16.4 Å². The first kappa shape index (κ1) is 15.0. The Morgan fingerprint density at radius 1 is 1.27 bits per heavy atom. The zero-order valence-electron chi connectivity index (χ0n) is 12.3. The van der Waals surface area contributed by atoms with Gasteiger partial charge in [-0.2, -0.15) is 0 Å². The molecule has 22 heavy (non-hydrogen) atoms. The van der Waals surface area contributed by atoms with Crippen molar-refractivity contribution in [1.82, 2.24) is 9.88 Å². The van der Waals surface area contributed by atoms with Crippen LogP contribution in [0.25, 0.3) is 0 Å². The van der Waals surface area contributed by atoms with Gasteiger partial charge in [-0.1, -0.05) is 29.8 Å². The van der Waals surface area contributed by atoms with Crippen molar-refractivity contribution in [3.05, 3.63) is 52.7 Å². The molecule has 1 N–H and O–H groups in total. The number of para-hydroxylation sites is 1. The molecule has 2 aromatic rings. The molecule has 4 nitrogen and oxygen atoms in total. The lowest BCUT2D eigenvalue weighted by atomic mass is 10.1. The van der Waals surface area contributed by atoms with Crippen LogP contribution in [0.15, 0.2) is 36.5 Å². The lowest BCUT2D eigenvalue weighted by Gasteiger charge is -2.18. The molecule has 3 rings (SSSR count). The molecule has 114 valence electrons. The fraction of sp³-hybridized carbons (Fsp3) is 0.294. The van der Waals surface area contributed by atoms with Gasteiger partial charge in [0.1, 0.15) is 5.82 Å². The van der Waals surface area contributed by atoms with Crippen LogP contribution < -0.4 is 5.32 Å². The van der Waals surface area contributed by atoms with E-state index in [0.717, 1.165) is 31.6 Å². The smallest absolute Gasteiger partial charge is 0.151 e. The van der Waals surface area contributed by atoms with Gasteiger partial charge in [-0.05, 0) is 43.6 Å². The number of aldehydes is 1. The van der Waals surface area contributed by atoms with Gasteiger partial charge in [0.2, 0.25) is 0 Å². The second kappa shape index (κ2) is 6.90. The predicted octanol–water partition coefficient (Wildman–Crippen LogP) is 3.89. The number of benzene rings is 1. The lowest BCUT2D eigenvalue weighted by molar-refractivity contribution is 0.112. The number of pyridine rings is 1. The van der Waals surface area contributed by atoms with Gasteiger partial charge in [0.05, 0.1) is 5.02 Å². The van der Waals surface area contributed by atoms with Gasteiger partial charge >= 0.3 is 0 Å². The summed E-state index contributed by atoms with van der Waals surface area (Å²) in [5.74, 6) is 0.570. The zero-order chi connectivity index (χ0) is 15.4. The Morgan fingerprint density at radius 2 is 2.05 bits per heavy atom. The Bertz CT molecular complexity index is 669. The molecule has 0 radical (unpaired) electrons. The van der Waals surface area contributed by atoms with E-state index in [2.05, 4.69) is 21.3 Å². The summed E-state index contributed by atoms with van der Waals surface area (Å²) in [6.07, 6.45) is 4.81. The summed E-state index contributed by atoms with van der Waals surface area (Å²) in [5, 5.41) is 3.73. The monoisotopic (exact) mass is 315 g/mol. The SMILES string of the molecule is O=Cc1cnc(Nc2ccccc2CN2CCCC2)c(Cl)c1. The summed E-state index contributed by atoms with van der Waals surface area (Å²) in [5.41, 5.74) is 2.70. The van der Waals surface area contributed by atoms with Crippen LogP contribution in [0.5, 0.6) is 0 Å². The Hall–Kier alpha value is -1.91. The Morgan fingerprint density at radius 3 is 2.77 bits per heavy atom. The van der Waals surface area contributed by atoms with E-state index in [4.69, 9.17) is 11.6 Å². The van der Waals surface area contributed by atoms with Crippen molar-refractivity contribution in [1.29, 1.82) is 0 Å². The lowest BCUT2D eigenvalue weighted by Crippen LogP contribution is -2.19. The normalized spacial score (nSPS) is 15.0. The van der Waals surface area contributed by atoms with E-state index in [9.17, 15) is 4.79 Å². The molecule has 1 aromatic heterocycles. The van der Waals surface area contributed by atoms with Crippen LogP contribution in [0.3, 0.4) is 0 Å². The second-order valence-corrected chi connectivity index (χ2v) is 5.89.